The first-order chi connectivity index (χ1) is 8.09. The van der Waals surface area contributed by atoms with Crippen molar-refractivity contribution in [2.24, 2.45) is 5.41 Å². The maximum absolute atomic E-state index is 12.4. The summed E-state index contributed by atoms with van der Waals surface area (Å²) < 4.78 is 0. The van der Waals surface area contributed by atoms with E-state index in [2.05, 4.69) is 6.07 Å². The fourth-order valence-corrected chi connectivity index (χ4v) is 2.31. The third-order valence-electron chi connectivity index (χ3n) is 3.78. The predicted octanol–water partition coefficient (Wildman–Crippen LogP) is 1.69. The van der Waals surface area contributed by atoms with Crippen LogP contribution < -0.4 is 0 Å². The second-order valence-electron chi connectivity index (χ2n) is 4.96. The number of aliphatic hydroxyl groups is 1. The van der Waals surface area contributed by atoms with Crippen molar-refractivity contribution < 1.29 is 9.90 Å². The van der Waals surface area contributed by atoms with Crippen LogP contribution in [-0.4, -0.2) is 35.1 Å². The van der Waals surface area contributed by atoms with Gasteiger partial charge in [-0.1, -0.05) is 6.92 Å². The van der Waals surface area contributed by atoms with Crippen LogP contribution in [0, 0.1) is 16.7 Å². The molecule has 2 atom stereocenters. The van der Waals surface area contributed by atoms with Crippen molar-refractivity contribution in [1.82, 2.24) is 4.90 Å². The van der Waals surface area contributed by atoms with Crippen molar-refractivity contribution in [3.63, 3.8) is 0 Å². The van der Waals surface area contributed by atoms with E-state index < -0.39 is 5.41 Å². The molecule has 1 heterocycles. The van der Waals surface area contributed by atoms with Crippen LogP contribution in [0.25, 0.3) is 0 Å². The van der Waals surface area contributed by atoms with Gasteiger partial charge < -0.3 is 10.0 Å². The van der Waals surface area contributed by atoms with Crippen LogP contribution >= 0.6 is 0 Å². The smallest absolute Gasteiger partial charge is 0.242 e. The molecule has 2 unspecified atom stereocenters. The number of hydrogen-bond acceptors (Lipinski definition) is 3. The highest BCUT2D eigenvalue weighted by molar-refractivity contribution is 5.85. The van der Waals surface area contributed by atoms with Crippen LogP contribution in [0.2, 0.25) is 0 Å². The van der Waals surface area contributed by atoms with Crippen molar-refractivity contribution in [2.75, 3.05) is 13.2 Å². The van der Waals surface area contributed by atoms with E-state index in [9.17, 15) is 4.79 Å². The van der Waals surface area contributed by atoms with Gasteiger partial charge in [0.15, 0.2) is 0 Å². The number of likely N-dealkylation sites (tertiary alicyclic amines) is 1. The number of nitrogens with zero attached hydrogens (tertiary/aromatic N) is 2. The van der Waals surface area contributed by atoms with E-state index in [0.717, 1.165) is 25.8 Å². The maximum Gasteiger partial charge on any atom is 0.242 e. The lowest BCUT2D eigenvalue weighted by atomic mass is 9.85. The Morgan fingerprint density at radius 2 is 2.29 bits per heavy atom. The number of aliphatic hydroxyl groups excluding tert-OH is 1. The van der Waals surface area contributed by atoms with E-state index in [1.165, 1.54) is 0 Å². The van der Waals surface area contributed by atoms with Crippen LogP contribution in [-0.2, 0) is 4.79 Å². The molecule has 96 valence electrons. The molecule has 1 rings (SSSR count). The molecule has 4 nitrogen and oxygen atoms in total. The number of carbonyl (C=O) groups is 1. The van der Waals surface area contributed by atoms with Crippen LogP contribution in [0.15, 0.2) is 0 Å². The number of piperidine rings is 1. The van der Waals surface area contributed by atoms with Crippen molar-refractivity contribution in [3.8, 4) is 6.07 Å². The van der Waals surface area contributed by atoms with Crippen molar-refractivity contribution in [3.05, 3.63) is 0 Å². The Morgan fingerprint density at radius 3 is 2.82 bits per heavy atom. The minimum absolute atomic E-state index is 0.0688. The highest BCUT2D eigenvalue weighted by atomic mass is 16.3. The molecule has 0 bridgehead atoms. The highest BCUT2D eigenvalue weighted by Crippen LogP contribution is 2.28. The quantitative estimate of drug-likeness (QED) is 0.810. The first kappa shape index (κ1) is 14.0. The molecule has 17 heavy (non-hydrogen) atoms. The zero-order valence-corrected chi connectivity index (χ0v) is 10.8. The second kappa shape index (κ2) is 6.02. The highest BCUT2D eigenvalue weighted by Gasteiger charge is 2.38. The standard InChI is InChI=1S/C13H22N2O2/c1-3-13(2,10-14)12(17)15-8-5-4-6-11(15)7-9-16/h11,16H,3-9H2,1-2H3. The van der Waals surface area contributed by atoms with Crippen LogP contribution in [0.4, 0.5) is 0 Å². The molecule has 0 spiro atoms. The van der Waals surface area contributed by atoms with Crippen molar-refractivity contribution >= 4 is 5.91 Å². The van der Waals surface area contributed by atoms with Gasteiger partial charge in [0.1, 0.15) is 5.41 Å². The minimum Gasteiger partial charge on any atom is -0.396 e. The van der Waals surface area contributed by atoms with Crippen LogP contribution in [0.3, 0.4) is 0 Å². The maximum atomic E-state index is 12.4. The van der Waals surface area contributed by atoms with E-state index in [0.29, 0.717) is 12.8 Å². The molecule has 1 fully saturated rings. The van der Waals surface area contributed by atoms with E-state index in [-0.39, 0.29) is 18.6 Å². The van der Waals surface area contributed by atoms with E-state index >= 15 is 0 Å². The van der Waals surface area contributed by atoms with Crippen LogP contribution in [0.5, 0.6) is 0 Å². The molecule has 1 amide bonds. The van der Waals surface area contributed by atoms with Gasteiger partial charge >= 0.3 is 0 Å². The van der Waals surface area contributed by atoms with E-state index in [1.807, 2.05) is 11.8 Å². The monoisotopic (exact) mass is 238 g/mol. The van der Waals surface area contributed by atoms with Gasteiger partial charge in [-0.25, -0.2) is 0 Å². The first-order valence-electron chi connectivity index (χ1n) is 6.42. The van der Waals surface area contributed by atoms with Gasteiger partial charge in [0.2, 0.25) is 5.91 Å². The lowest BCUT2D eigenvalue weighted by Crippen LogP contribution is -2.49. The Kier molecular flexibility index (Phi) is 4.95. The fraction of sp³-hybridized carbons (Fsp3) is 0.846. The molecular weight excluding hydrogens is 216 g/mol. The summed E-state index contributed by atoms with van der Waals surface area (Å²) in [4.78, 5) is 14.2. The average molecular weight is 238 g/mol. The van der Waals surface area contributed by atoms with Gasteiger partial charge in [-0.05, 0) is 39.0 Å². The molecule has 0 aromatic heterocycles. The second-order valence-corrected chi connectivity index (χ2v) is 4.96. The number of carbonyl (C=O) groups excluding carboxylic acids is 1. The molecule has 1 saturated heterocycles. The normalized spacial score (nSPS) is 23.9. The largest absolute Gasteiger partial charge is 0.396 e. The summed E-state index contributed by atoms with van der Waals surface area (Å²) in [5.74, 6) is -0.0688. The molecule has 0 aromatic carbocycles. The molecular formula is C13H22N2O2. The molecule has 1 N–H and O–H groups in total. The topological polar surface area (TPSA) is 64.3 Å². The van der Waals surface area contributed by atoms with E-state index in [4.69, 9.17) is 10.4 Å². The van der Waals surface area contributed by atoms with Crippen molar-refractivity contribution in [2.45, 2.75) is 52.0 Å². The molecule has 1 aliphatic rings. The lowest BCUT2D eigenvalue weighted by molar-refractivity contribution is -0.142. The zero-order valence-electron chi connectivity index (χ0n) is 10.8. The Bertz CT molecular complexity index is 309. The molecule has 0 radical (unpaired) electrons. The molecule has 1 aliphatic heterocycles. The molecule has 0 aliphatic carbocycles. The molecule has 4 heteroatoms. The Balaban J connectivity index is 2.81. The van der Waals surface area contributed by atoms with Gasteiger partial charge in [-0.3, -0.25) is 4.79 Å². The SMILES string of the molecule is CCC(C)(C#N)C(=O)N1CCCCC1CCO. The summed E-state index contributed by atoms with van der Waals surface area (Å²) in [6.45, 7) is 4.40. The van der Waals surface area contributed by atoms with Gasteiger partial charge in [0.05, 0.1) is 6.07 Å². The Hall–Kier alpha value is -1.08. The fourth-order valence-electron chi connectivity index (χ4n) is 2.31. The van der Waals surface area contributed by atoms with Crippen molar-refractivity contribution in [1.29, 1.82) is 5.26 Å². The third kappa shape index (κ3) is 2.98. The number of amides is 1. The number of hydrogen-bond donors (Lipinski definition) is 1. The summed E-state index contributed by atoms with van der Waals surface area (Å²) in [5.41, 5.74) is -0.912. The van der Waals surface area contributed by atoms with E-state index in [1.54, 1.807) is 6.92 Å². The summed E-state index contributed by atoms with van der Waals surface area (Å²) in [7, 11) is 0. The third-order valence-corrected chi connectivity index (χ3v) is 3.78. The van der Waals surface area contributed by atoms with Gasteiger partial charge in [-0.2, -0.15) is 5.26 Å². The average Bonchev–Trinajstić information content (AvgIpc) is 2.38. The van der Waals surface area contributed by atoms with Gasteiger partial charge in [0, 0.05) is 19.2 Å². The molecule has 0 aromatic rings. The van der Waals surface area contributed by atoms with Crippen LogP contribution in [0.1, 0.15) is 46.0 Å². The minimum atomic E-state index is -0.912. The lowest BCUT2D eigenvalue weighted by Gasteiger charge is -2.39. The molecule has 0 saturated carbocycles. The van der Waals surface area contributed by atoms with Gasteiger partial charge in [0.25, 0.3) is 0 Å². The number of rotatable bonds is 4. The Labute approximate surface area is 103 Å². The zero-order chi connectivity index (χ0) is 12.9. The summed E-state index contributed by atoms with van der Waals surface area (Å²) >= 11 is 0. The Morgan fingerprint density at radius 1 is 1.59 bits per heavy atom. The predicted molar refractivity (Wildman–Crippen MR) is 65.1 cm³/mol. The first-order valence-corrected chi connectivity index (χ1v) is 6.42. The number of nitriles is 1. The summed E-state index contributed by atoms with van der Waals surface area (Å²) in [6, 6.07) is 2.25. The van der Waals surface area contributed by atoms with Gasteiger partial charge in [-0.15, -0.1) is 0 Å². The summed E-state index contributed by atoms with van der Waals surface area (Å²) in [6.07, 6.45) is 4.20. The summed E-state index contributed by atoms with van der Waals surface area (Å²) in [5, 5.41) is 18.2.